The Balaban J connectivity index is 2.05. The van der Waals surface area contributed by atoms with E-state index >= 15 is 0 Å². The van der Waals surface area contributed by atoms with E-state index in [2.05, 4.69) is 0 Å². The van der Waals surface area contributed by atoms with Crippen molar-refractivity contribution in [3.63, 3.8) is 0 Å². The molecule has 0 saturated heterocycles. The molecule has 0 heterocycles. The number of amides is 1. The first kappa shape index (κ1) is 13.2. The molecule has 1 aliphatic carbocycles. The number of hydrogen-bond donors (Lipinski definition) is 2. The molecular weight excluding hydrogens is 254 g/mol. The van der Waals surface area contributed by atoms with E-state index in [-0.39, 0.29) is 30.7 Å². The Labute approximate surface area is 111 Å². The summed E-state index contributed by atoms with van der Waals surface area (Å²) in [5.41, 5.74) is 0.697. The number of nitrogens with zero attached hydrogens (tertiary/aromatic N) is 1. The lowest BCUT2D eigenvalue weighted by atomic mass is 10.1. The van der Waals surface area contributed by atoms with Crippen molar-refractivity contribution in [2.45, 2.75) is 25.3 Å². The first-order chi connectivity index (χ1) is 8.61. The van der Waals surface area contributed by atoms with Crippen LogP contribution >= 0.6 is 11.6 Å². The number of halogens is 1. The van der Waals surface area contributed by atoms with Gasteiger partial charge in [0.15, 0.2) is 0 Å². The van der Waals surface area contributed by atoms with Gasteiger partial charge in [0, 0.05) is 17.6 Å². The molecular formula is C13H16ClNO3. The summed E-state index contributed by atoms with van der Waals surface area (Å²) < 4.78 is 0. The fraction of sp³-hybridized carbons (Fsp3) is 0.462. The van der Waals surface area contributed by atoms with E-state index in [1.165, 1.54) is 12.1 Å². The van der Waals surface area contributed by atoms with Crippen LogP contribution in [0.2, 0.25) is 5.02 Å². The number of rotatable bonds is 5. The number of aliphatic hydroxyl groups excluding tert-OH is 1. The molecule has 0 spiro atoms. The average molecular weight is 270 g/mol. The predicted octanol–water partition coefficient (Wildman–Crippen LogP) is 1.57. The van der Waals surface area contributed by atoms with E-state index in [4.69, 9.17) is 16.7 Å². The van der Waals surface area contributed by atoms with Gasteiger partial charge in [0.25, 0.3) is 0 Å². The lowest BCUT2D eigenvalue weighted by molar-refractivity contribution is -0.131. The molecule has 1 saturated carbocycles. The Kier molecular flexibility index (Phi) is 4.09. The van der Waals surface area contributed by atoms with E-state index in [1.54, 1.807) is 11.0 Å². The molecule has 0 atom stereocenters. The summed E-state index contributed by atoms with van der Waals surface area (Å²) in [6, 6.07) is 4.87. The van der Waals surface area contributed by atoms with Crippen LogP contribution in [0.1, 0.15) is 18.4 Å². The van der Waals surface area contributed by atoms with Gasteiger partial charge in [0.1, 0.15) is 5.75 Å². The van der Waals surface area contributed by atoms with Crippen molar-refractivity contribution in [1.82, 2.24) is 4.90 Å². The topological polar surface area (TPSA) is 60.8 Å². The van der Waals surface area contributed by atoms with Crippen molar-refractivity contribution < 1.29 is 15.0 Å². The lowest BCUT2D eigenvalue weighted by Gasteiger charge is -2.21. The third-order valence-electron chi connectivity index (χ3n) is 3.03. The first-order valence-electron chi connectivity index (χ1n) is 5.99. The number of aromatic hydroxyl groups is 1. The summed E-state index contributed by atoms with van der Waals surface area (Å²) in [5.74, 6) is 0.0600. The molecule has 1 fully saturated rings. The van der Waals surface area contributed by atoms with Crippen LogP contribution in [-0.2, 0) is 11.2 Å². The summed E-state index contributed by atoms with van der Waals surface area (Å²) in [7, 11) is 0. The number of phenols is 1. The second kappa shape index (κ2) is 5.59. The minimum atomic E-state index is -0.0286. The highest BCUT2D eigenvalue weighted by Crippen LogP contribution is 2.28. The van der Waals surface area contributed by atoms with Crippen LogP contribution in [0.25, 0.3) is 0 Å². The first-order valence-corrected chi connectivity index (χ1v) is 6.37. The van der Waals surface area contributed by atoms with Crippen molar-refractivity contribution in [3.05, 3.63) is 28.8 Å². The molecule has 1 aliphatic rings. The van der Waals surface area contributed by atoms with Gasteiger partial charge in [0.05, 0.1) is 13.0 Å². The average Bonchev–Trinajstić information content (AvgIpc) is 3.13. The zero-order chi connectivity index (χ0) is 13.1. The summed E-state index contributed by atoms with van der Waals surface area (Å²) in [4.78, 5) is 13.8. The lowest BCUT2D eigenvalue weighted by Crippen LogP contribution is -2.36. The maximum Gasteiger partial charge on any atom is 0.227 e. The van der Waals surface area contributed by atoms with Gasteiger partial charge in [-0.25, -0.2) is 0 Å². The Morgan fingerprint density at radius 1 is 1.44 bits per heavy atom. The van der Waals surface area contributed by atoms with Gasteiger partial charge in [-0.15, -0.1) is 0 Å². The summed E-state index contributed by atoms with van der Waals surface area (Å²) in [6.45, 7) is 0.352. The van der Waals surface area contributed by atoms with E-state index in [1.807, 2.05) is 0 Å². The molecule has 0 unspecified atom stereocenters. The van der Waals surface area contributed by atoms with Crippen molar-refractivity contribution in [2.75, 3.05) is 13.2 Å². The van der Waals surface area contributed by atoms with Crippen molar-refractivity contribution in [3.8, 4) is 5.75 Å². The molecule has 2 N–H and O–H groups in total. The third kappa shape index (κ3) is 3.15. The zero-order valence-corrected chi connectivity index (χ0v) is 10.7. The van der Waals surface area contributed by atoms with Crippen LogP contribution in [0.5, 0.6) is 5.75 Å². The standard InChI is InChI=1S/C13H16ClNO3/c14-12-8-11(17)4-1-9(12)7-13(18)15(5-6-16)10-2-3-10/h1,4,8,10,16-17H,2-3,5-7H2. The van der Waals surface area contributed by atoms with E-state index < -0.39 is 0 Å². The SMILES string of the molecule is O=C(Cc1ccc(O)cc1Cl)N(CCO)C1CC1. The molecule has 18 heavy (non-hydrogen) atoms. The molecule has 2 rings (SSSR count). The molecule has 0 aliphatic heterocycles. The number of benzene rings is 1. The highest BCUT2D eigenvalue weighted by molar-refractivity contribution is 6.31. The number of phenolic OH excluding ortho intramolecular Hbond substituents is 1. The maximum atomic E-state index is 12.1. The summed E-state index contributed by atoms with van der Waals surface area (Å²) in [6.07, 6.45) is 2.22. The summed E-state index contributed by atoms with van der Waals surface area (Å²) in [5, 5.41) is 18.6. The molecule has 1 aromatic rings. The highest BCUT2D eigenvalue weighted by Gasteiger charge is 2.32. The van der Waals surface area contributed by atoms with E-state index in [0.29, 0.717) is 17.1 Å². The van der Waals surface area contributed by atoms with Crippen LogP contribution in [0.3, 0.4) is 0 Å². The zero-order valence-electron chi connectivity index (χ0n) is 9.97. The van der Waals surface area contributed by atoms with Gasteiger partial charge < -0.3 is 15.1 Å². The van der Waals surface area contributed by atoms with E-state index in [9.17, 15) is 9.90 Å². The molecule has 98 valence electrons. The Morgan fingerprint density at radius 3 is 2.72 bits per heavy atom. The predicted molar refractivity (Wildman–Crippen MR) is 68.6 cm³/mol. The van der Waals surface area contributed by atoms with Crippen molar-refractivity contribution in [1.29, 1.82) is 0 Å². The number of carbonyl (C=O) groups excluding carboxylic acids is 1. The molecule has 5 heteroatoms. The molecule has 0 aromatic heterocycles. The highest BCUT2D eigenvalue weighted by atomic mass is 35.5. The molecule has 0 radical (unpaired) electrons. The maximum absolute atomic E-state index is 12.1. The van der Waals surface area contributed by atoms with Gasteiger partial charge in [0.2, 0.25) is 5.91 Å². The van der Waals surface area contributed by atoms with Crippen LogP contribution in [-0.4, -0.2) is 40.2 Å². The van der Waals surface area contributed by atoms with Crippen molar-refractivity contribution in [2.24, 2.45) is 0 Å². The molecule has 1 aromatic carbocycles. The third-order valence-corrected chi connectivity index (χ3v) is 3.38. The largest absolute Gasteiger partial charge is 0.508 e. The number of aliphatic hydroxyl groups is 1. The van der Waals surface area contributed by atoms with Gasteiger partial charge in [-0.1, -0.05) is 17.7 Å². The van der Waals surface area contributed by atoms with Crippen LogP contribution in [0.15, 0.2) is 18.2 Å². The van der Waals surface area contributed by atoms with Crippen LogP contribution in [0, 0.1) is 0 Å². The Hall–Kier alpha value is -1.26. The smallest absolute Gasteiger partial charge is 0.227 e. The number of hydrogen-bond acceptors (Lipinski definition) is 3. The fourth-order valence-corrected chi connectivity index (χ4v) is 2.19. The Bertz CT molecular complexity index is 446. The van der Waals surface area contributed by atoms with Crippen LogP contribution < -0.4 is 0 Å². The van der Waals surface area contributed by atoms with Gasteiger partial charge >= 0.3 is 0 Å². The summed E-state index contributed by atoms with van der Waals surface area (Å²) >= 11 is 5.97. The van der Waals surface area contributed by atoms with Crippen molar-refractivity contribution >= 4 is 17.5 Å². The van der Waals surface area contributed by atoms with Crippen LogP contribution in [0.4, 0.5) is 0 Å². The van der Waals surface area contributed by atoms with Gasteiger partial charge in [-0.2, -0.15) is 0 Å². The minimum absolute atomic E-state index is 0.0223. The van der Waals surface area contributed by atoms with E-state index in [0.717, 1.165) is 12.8 Å². The van der Waals surface area contributed by atoms with Gasteiger partial charge in [-0.3, -0.25) is 4.79 Å². The molecule has 0 bridgehead atoms. The fourth-order valence-electron chi connectivity index (χ4n) is 1.95. The normalized spacial score (nSPS) is 14.6. The quantitative estimate of drug-likeness (QED) is 0.853. The number of carbonyl (C=O) groups is 1. The molecule has 4 nitrogen and oxygen atoms in total. The van der Waals surface area contributed by atoms with Gasteiger partial charge in [-0.05, 0) is 30.5 Å². The monoisotopic (exact) mass is 269 g/mol. The molecule has 1 amide bonds. The second-order valence-corrected chi connectivity index (χ2v) is 4.90. The minimum Gasteiger partial charge on any atom is -0.508 e. The Morgan fingerprint density at radius 2 is 2.17 bits per heavy atom. The second-order valence-electron chi connectivity index (χ2n) is 4.49.